The molecule has 0 fully saturated rings. The first-order valence-electron chi connectivity index (χ1n) is 8.05. The standard InChI is InChI=1S/C14H16O3.C3H8.C2H6/c1-2-17-14(16)11-10-13(15)9-8-12-6-4-3-5-7-12;1-3-2;1-2/h3-9H,2,10-11H2,1H3;3H2,1-2H3;1-2H3/b9-8+;;. The van der Waals surface area contributed by atoms with Gasteiger partial charge in [-0.2, -0.15) is 0 Å². The molecule has 124 valence electrons. The molecule has 0 spiro atoms. The van der Waals surface area contributed by atoms with Crippen molar-refractivity contribution in [2.45, 2.75) is 53.9 Å². The summed E-state index contributed by atoms with van der Waals surface area (Å²) in [5, 5.41) is 0. The average molecular weight is 306 g/mol. The first-order chi connectivity index (χ1) is 10.6. The number of esters is 1. The predicted molar refractivity (Wildman–Crippen MR) is 93.7 cm³/mol. The van der Waals surface area contributed by atoms with E-state index in [0.29, 0.717) is 6.61 Å². The van der Waals surface area contributed by atoms with E-state index in [4.69, 9.17) is 4.74 Å². The van der Waals surface area contributed by atoms with Crippen LogP contribution in [0, 0.1) is 0 Å². The van der Waals surface area contributed by atoms with Crippen molar-refractivity contribution in [3.63, 3.8) is 0 Å². The normalized spacial score (nSPS) is 9.14. The molecule has 0 amide bonds. The summed E-state index contributed by atoms with van der Waals surface area (Å²) in [7, 11) is 0. The number of rotatable bonds is 6. The smallest absolute Gasteiger partial charge is 0.306 e. The molecule has 0 saturated carbocycles. The Kier molecular flexibility index (Phi) is 17.5. The molecule has 0 aliphatic carbocycles. The fourth-order valence-corrected chi connectivity index (χ4v) is 1.30. The summed E-state index contributed by atoms with van der Waals surface area (Å²) in [5.74, 6) is -0.393. The van der Waals surface area contributed by atoms with Crippen LogP contribution in [0.5, 0.6) is 0 Å². The van der Waals surface area contributed by atoms with E-state index in [1.54, 1.807) is 13.0 Å². The molecule has 1 aromatic carbocycles. The lowest BCUT2D eigenvalue weighted by atomic mass is 10.1. The summed E-state index contributed by atoms with van der Waals surface area (Å²) in [6, 6.07) is 9.55. The molecule has 0 bridgehead atoms. The number of carbonyl (C=O) groups excluding carboxylic acids is 2. The molecule has 0 aliphatic rings. The molecule has 0 aliphatic heterocycles. The lowest BCUT2D eigenvalue weighted by molar-refractivity contribution is -0.144. The summed E-state index contributed by atoms with van der Waals surface area (Å²) in [5.41, 5.74) is 0.969. The maximum atomic E-state index is 11.4. The molecule has 22 heavy (non-hydrogen) atoms. The zero-order valence-corrected chi connectivity index (χ0v) is 14.6. The minimum atomic E-state index is -0.325. The second kappa shape index (κ2) is 17.2. The van der Waals surface area contributed by atoms with Crippen LogP contribution >= 0.6 is 0 Å². The van der Waals surface area contributed by atoms with E-state index in [9.17, 15) is 9.59 Å². The molecular weight excluding hydrogens is 276 g/mol. The van der Waals surface area contributed by atoms with Crippen molar-refractivity contribution in [1.82, 2.24) is 0 Å². The van der Waals surface area contributed by atoms with Gasteiger partial charge in [0.15, 0.2) is 5.78 Å². The number of hydrogen-bond acceptors (Lipinski definition) is 3. The highest BCUT2D eigenvalue weighted by molar-refractivity contribution is 5.95. The topological polar surface area (TPSA) is 43.4 Å². The third kappa shape index (κ3) is 14.5. The molecule has 3 heteroatoms. The van der Waals surface area contributed by atoms with Gasteiger partial charge in [0.05, 0.1) is 13.0 Å². The van der Waals surface area contributed by atoms with Crippen LogP contribution in [0.2, 0.25) is 0 Å². The van der Waals surface area contributed by atoms with Gasteiger partial charge in [0.2, 0.25) is 0 Å². The van der Waals surface area contributed by atoms with Crippen LogP contribution < -0.4 is 0 Å². The molecular formula is C19H30O3. The van der Waals surface area contributed by atoms with E-state index in [1.165, 1.54) is 12.5 Å². The van der Waals surface area contributed by atoms with Crippen molar-refractivity contribution >= 4 is 17.8 Å². The Balaban J connectivity index is 0. The Hall–Kier alpha value is -1.90. The van der Waals surface area contributed by atoms with Gasteiger partial charge in [-0.25, -0.2) is 0 Å². The average Bonchev–Trinajstić information content (AvgIpc) is 2.55. The quantitative estimate of drug-likeness (QED) is 0.545. The summed E-state index contributed by atoms with van der Waals surface area (Å²) in [6.07, 6.45) is 4.83. The zero-order valence-electron chi connectivity index (χ0n) is 14.6. The van der Waals surface area contributed by atoms with E-state index in [2.05, 4.69) is 13.8 Å². The van der Waals surface area contributed by atoms with Crippen LogP contribution in [0.3, 0.4) is 0 Å². The molecule has 0 aromatic heterocycles. The molecule has 0 N–H and O–H groups in total. The van der Waals surface area contributed by atoms with Gasteiger partial charge < -0.3 is 4.74 Å². The second-order valence-corrected chi connectivity index (χ2v) is 4.22. The van der Waals surface area contributed by atoms with Crippen molar-refractivity contribution in [2.24, 2.45) is 0 Å². The van der Waals surface area contributed by atoms with Gasteiger partial charge >= 0.3 is 5.97 Å². The van der Waals surface area contributed by atoms with Gasteiger partial charge in [-0.15, -0.1) is 0 Å². The molecule has 0 unspecified atom stereocenters. The summed E-state index contributed by atoms with van der Waals surface area (Å²) < 4.78 is 4.74. The van der Waals surface area contributed by atoms with Crippen LogP contribution in [0.1, 0.15) is 59.4 Å². The lowest BCUT2D eigenvalue weighted by Crippen LogP contribution is -2.06. The zero-order chi connectivity index (χ0) is 17.2. The van der Waals surface area contributed by atoms with Crippen LogP contribution in [0.25, 0.3) is 6.08 Å². The van der Waals surface area contributed by atoms with E-state index in [-0.39, 0.29) is 24.6 Å². The molecule has 0 atom stereocenters. The van der Waals surface area contributed by atoms with E-state index >= 15 is 0 Å². The minimum Gasteiger partial charge on any atom is -0.466 e. The Morgan fingerprint density at radius 2 is 1.55 bits per heavy atom. The number of ether oxygens (including phenoxy) is 1. The minimum absolute atomic E-state index is 0.0677. The van der Waals surface area contributed by atoms with Gasteiger partial charge in [0.1, 0.15) is 0 Å². The van der Waals surface area contributed by atoms with Crippen LogP contribution in [0.4, 0.5) is 0 Å². The number of allylic oxidation sites excluding steroid dienone is 1. The number of carbonyl (C=O) groups is 2. The Labute approximate surface area is 135 Å². The van der Waals surface area contributed by atoms with Crippen molar-refractivity contribution in [3.8, 4) is 0 Å². The molecule has 0 saturated heterocycles. The number of hydrogen-bond donors (Lipinski definition) is 0. The Morgan fingerprint density at radius 3 is 2.05 bits per heavy atom. The molecule has 3 nitrogen and oxygen atoms in total. The van der Waals surface area contributed by atoms with E-state index < -0.39 is 0 Å². The largest absolute Gasteiger partial charge is 0.466 e. The van der Waals surface area contributed by atoms with Gasteiger partial charge in [0.25, 0.3) is 0 Å². The van der Waals surface area contributed by atoms with Gasteiger partial charge in [-0.05, 0) is 18.6 Å². The SMILES string of the molecule is CC.CCC.CCOC(=O)CCC(=O)/C=C/c1ccccc1. The van der Waals surface area contributed by atoms with Gasteiger partial charge in [0, 0.05) is 6.42 Å². The number of benzene rings is 1. The highest BCUT2D eigenvalue weighted by Crippen LogP contribution is 2.02. The highest BCUT2D eigenvalue weighted by atomic mass is 16.5. The van der Waals surface area contributed by atoms with Crippen LogP contribution in [0.15, 0.2) is 36.4 Å². The van der Waals surface area contributed by atoms with Gasteiger partial charge in [-0.1, -0.05) is 70.5 Å². The third-order valence-corrected chi connectivity index (χ3v) is 2.14. The summed E-state index contributed by atoms with van der Waals surface area (Å²) in [4.78, 5) is 22.5. The fraction of sp³-hybridized carbons (Fsp3) is 0.474. The number of ketones is 1. The molecule has 0 heterocycles. The Morgan fingerprint density at radius 1 is 1.00 bits per heavy atom. The van der Waals surface area contributed by atoms with Crippen molar-refractivity contribution < 1.29 is 14.3 Å². The van der Waals surface area contributed by atoms with Crippen molar-refractivity contribution in [3.05, 3.63) is 42.0 Å². The second-order valence-electron chi connectivity index (χ2n) is 4.22. The summed E-state index contributed by atoms with van der Waals surface area (Å²) >= 11 is 0. The first-order valence-corrected chi connectivity index (χ1v) is 8.05. The monoisotopic (exact) mass is 306 g/mol. The molecule has 1 rings (SSSR count). The highest BCUT2D eigenvalue weighted by Gasteiger charge is 2.04. The Bertz CT molecular complexity index is 408. The van der Waals surface area contributed by atoms with E-state index in [1.807, 2.05) is 44.2 Å². The van der Waals surface area contributed by atoms with Gasteiger partial charge in [-0.3, -0.25) is 9.59 Å². The molecule has 0 radical (unpaired) electrons. The maximum Gasteiger partial charge on any atom is 0.306 e. The fourth-order valence-electron chi connectivity index (χ4n) is 1.30. The predicted octanol–water partition coefficient (Wildman–Crippen LogP) is 5.05. The lowest BCUT2D eigenvalue weighted by Gasteiger charge is -1.98. The van der Waals surface area contributed by atoms with Crippen LogP contribution in [-0.2, 0) is 14.3 Å². The van der Waals surface area contributed by atoms with E-state index in [0.717, 1.165) is 5.56 Å². The molecule has 1 aromatic rings. The maximum absolute atomic E-state index is 11.4. The summed E-state index contributed by atoms with van der Waals surface area (Å²) in [6.45, 7) is 10.3. The van der Waals surface area contributed by atoms with Crippen molar-refractivity contribution in [1.29, 1.82) is 0 Å². The van der Waals surface area contributed by atoms with Crippen molar-refractivity contribution in [2.75, 3.05) is 6.61 Å². The first kappa shape index (κ1) is 22.4. The third-order valence-electron chi connectivity index (χ3n) is 2.14. The van der Waals surface area contributed by atoms with Crippen LogP contribution in [-0.4, -0.2) is 18.4 Å².